The highest BCUT2D eigenvalue weighted by atomic mass is 16.6. The molecule has 0 aliphatic carbocycles. The summed E-state index contributed by atoms with van der Waals surface area (Å²) in [6.45, 7) is 7.93. The van der Waals surface area contributed by atoms with Gasteiger partial charge in [-0.25, -0.2) is 4.79 Å². The van der Waals surface area contributed by atoms with Crippen LogP contribution >= 0.6 is 0 Å². The number of aliphatic hydroxyl groups excluding tert-OH is 1. The van der Waals surface area contributed by atoms with Crippen molar-refractivity contribution in [3.05, 3.63) is 82.7 Å². The topological polar surface area (TPSA) is 135 Å². The maximum atomic E-state index is 13.3. The third-order valence-corrected chi connectivity index (χ3v) is 7.89. The zero-order valence-electron chi connectivity index (χ0n) is 26.2. The number of aliphatic hydroxyl groups is 1. The largest absolute Gasteiger partial charge is 0.487 e. The summed E-state index contributed by atoms with van der Waals surface area (Å²) in [6, 6.07) is 13.4. The molecule has 240 valence electrons. The number of aromatic nitrogens is 2. The van der Waals surface area contributed by atoms with Crippen molar-refractivity contribution in [3.63, 3.8) is 0 Å². The van der Waals surface area contributed by atoms with E-state index >= 15 is 0 Å². The fourth-order valence-electron chi connectivity index (χ4n) is 5.39. The fraction of sp³-hybridized carbons (Fsp3) is 0.455. The van der Waals surface area contributed by atoms with Crippen LogP contribution in [0.25, 0.3) is 0 Å². The van der Waals surface area contributed by atoms with Gasteiger partial charge in [-0.05, 0) is 80.8 Å². The Morgan fingerprint density at radius 2 is 1.76 bits per heavy atom. The highest BCUT2D eigenvalue weighted by Crippen LogP contribution is 2.30. The van der Waals surface area contributed by atoms with Gasteiger partial charge in [-0.1, -0.05) is 6.07 Å². The van der Waals surface area contributed by atoms with Crippen molar-refractivity contribution in [1.82, 2.24) is 24.9 Å². The Bertz CT molecular complexity index is 1510. The molecule has 1 aromatic heterocycles. The van der Waals surface area contributed by atoms with Gasteiger partial charge in [0.05, 0.1) is 31.1 Å². The Morgan fingerprint density at radius 3 is 2.42 bits per heavy atom. The minimum absolute atomic E-state index is 0.0848. The average molecular weight is 620 g/mol. The molecule has 12 nitrogen and oxygen atoms in total. The van der Waals surface area contributed by atoms with Crippen molar-refractivity contribution in [2.75, 3.05) is 32.8 Å². The maximum Gasteiger partial charge on any atom is 0.410 e. The summed E-state index contributed by atoms with van der Waals surface area (Å²) in [5, 5.41) is 18.2. The van der Waals surface area contributed by atoms with Gasteiger partial charge < -0.3 is 29.5 Å². The van der Waals surface area contributed by atoms with Crippen molar-refractivity contribution in [1.29, 1.82) is 0 Å². The van der Waals surface area contributed by atoms with Crippen molar-refractivity contribution in [2.24, 2.45) is 7.05 Å². The molecule has 2 aromatic carbocycles. The molecule has 0 saturated carbocycles. The monoisotopic (exact) mass is 619 g/mol. The molecule has 3 aromatic rings. The minimum atomic E-state index is -1.07. The van der Waals surface area contributed by atoms with E-state index in [0.29, 0.717) is 56.2 Å². The number of morpholine rings is 1. The number of nitrogens with one attached hydrogen (secondary N) is 1. The zero-order chi connectivity index (χ0) is 32.1. The smallest absolute Gasteiger partial charge is 0.410 e. The van der Waals surface area contributed by atoms with Crippen molar-refractivity contribution in [3.8, 4) is 5.75 Å². The summed E-state index contributed by atoms with van der Waals surface area (Å²) in [5.41, 5.74) is 2.90. The lowest BCUT2D eigenvalue weighted by atomic mass is 9.91. The second kappa shape index (κ2) is 13.7. The van der Waals surface area contributed by atoms with Gasteiger partial charge in [0, 0.05) is 50.6 Å². The Balaban J connectivity index is 1.24. The molecule has 0 radical (unpaired) electrons. The molecule has 1 fully saturated rings. The van der Waals surface area contributed by atoms with Gasteiger partial charge in [-0.2, -0.15) is 5.10 Å². The van der Waals surface area contributed by atoms with Gasteiger partial charge in [0.25, 0.3) is 11.8 Å². The predicted molar refractivity (Wildman–Crippen MR) is 165 cm³/mol. The van der Waals surface area contributed by atoms with E-state index in [1.165, 1.54) is 4.90 Å². The van der Waals surface area contributed by atoms with Crippen molar-refractivity contribution < 1.29 is 33.7 Å². The number of hydrogen-bond acceptors (Lipinski definition) is 8. The number of carbonyl (C=O) groups excluding carboxylic acids is 3. The Kier molecular flexibility index (Phi) is 9.74. The van der Waals surface area contributed by atoms with Crippen LogP contribution in [0, 0.1) is 0 Å². The summed E-state index contributed by atoms with van der Waals surface area (Å²) in [7, 11) is 1.85. The Hall–Kier alpha value is -4.42. The van der Waals surface area contributed by atoms with E-state index in [-0.39, 0.29) is 19.0 Å². The number of carbonyl (C=O) groups is 3. The van der Waals surface area contributed by atoms with Crippen LogP contribution in [-0.4, -0.2) is 93.2 Å². The summed E-state index contributed by atoms with van der Waals surface area (Å²) in [5.74, 6) is 0.158. The van der Waals surface area contributed by atoms with Crippen LogP contribution in [0.4, 0.5) is 4.79 Å². The minimum Gasteiger partial charge on any atom is -0.487 e. The van der Waals surface area contributed by atoms with Crippen LogP contribution in [-0.2, 0) is 36.1 Å². The summed E-state index contributed by atoms with van der Waals surface area (Å²) >= 11 is 0. The first-order valence-electron chi connectivity index (χ1n) is 15.1. The molecule has 2 N–H and O–H groups in total. The molecule has 12 heteroatoms. The van der Waals surface area contributed by atoms with Gasteiger partial charge in [-0.15, -0.1) is 0 Å². The zero-order valence-corrected chi connectivity index (χ0v) is 26.2. The lowest BCUT2D eigenvalue weighted by Crippen LogP contribution is -2.54. The van der Waals surface area contributed by atoms with E-state index in [4.69, 9.17) is 14.2 Å². The number of benzene rings is 2. The van der Waals surface area contributed by atoms with Crippen LogP contribution in [0.2, 0.25) is 0 Å². The highest BCUT2D eigenvalue weighted by molar-refractivity contribution is 5.97. The number of ether oxygens (including phenoxy) is 3. The number of rotatable bonds is 8. The Morgan fingerprint density at radius 1 is 1.04 bits per heavy atom. The summed E-state index contributed by atoms with van der Waals surface area (Å²) in [6.07, 6.45) is 0.457. The number of hydrogen-bond donors (Lipinski definition) is 2. The molecule has 0 bridgehead atoms. The molecule has 3 heterocycles. The van der Waals surface area contributed by atoms with Crippen LogP contribution in [0.15, 0.2) is 54.7 Å². The third kappa shape index (κ3) is 8.00. The molecule has 2 atom stereocenters. The number of nitrogens with zero attached hydrogens (tertiary/aromatic N) is 4. The number of aryl methyl sites for hydroxylation is 1. The highest BCUT2D eigenvalue weighted by Gasteiger charge is 2.37. The quantitative estimate of drug-likeness (QED) is 0.393. The van der Waals surface area contributed by atoms with Gasteiger partial charge >= 0.3 is 6.09 Å². The molecule has 5 rings (SSSR count). The SMILES string of the molecule is Cn1nccc1COc1ccc2c(c1)CN(C(=O)OC(C)(C)C)C([C@H](O)CNC(=O)c1ccc(C(=O)N3CCOCC3)cc1)C2. The second-order valence-electron chi connectivity index (χ2n) is 12.3. The van der Waals surface area contributed by atoms with E-state index in [1.54, 1.807) is 60.8 Å². The van der Waals surface area contributed by atoms with Gasteiger partial charge in [0.1, 0.15) is 18.0 Å². The van der Waals surface area contributed by atoms with Gasteiger partial charge in [0.15, 0.2) is 0 Å². The molecule has 1 saturated heterocycles. The maximum absolute atomic E-state index is 13.3. The third-order valence-electron chi connectivity index (χ3n) is 7.89. The first-order chi connectivity index (χ1) is 21.5. The molecular weight excluding hydrogens is 578 g/mol. The van der Waals surface area contributed by atoms with Crippen LogP contribution in [0.3, 0.4) is 0 Å². The van der Waals surface area contributed by atoms with E-state index < -0.39 is 29.7 Å². The lowest BCUT2D eigenvalue weighted by molar-refractivity contribution is -0.0113. The van der Waals surface area contributed by atoms with Crippen LogP contribution in [0.5, 0.6) is 5.75 Å². The van der Waals surface area contributed by atoms with E-state index in [0.717, 1.165) is 16.8 Å². The standard InChI is InChI=1S/C33H41N5O7/c1-33(2,3)45-32(42)38-20-25-17-27(44-21-26-11-12-35-36(26)4)10-9-24(25)18-28(38)29(39)19-34-30(40)22-5-7-23(8-6-22)31(41)37-13-15-43-16-14-37/h5-12,17,28-29,39H,13-16,18-21H2,1-4H3,(H,34,40)/t28?,29-/m1/s1. The first-order valence-corrected chi connectivity index (χ1v) is 15.1. The molecular formula is C33H41N5O7. The molecule has 1 unspecified atom stereocenters. The molecule has 45 heavy (non-hydrogen) atoms. The van der Waals surface area contributed by atoms with Crippen LogP contribution < -0.4 is 10.1 Å². The molecule has 0 spiro atoms. The van der Waals surface area contributed by atoms with Crippen molar-refractivity contribution in [2.45, 2.75) is 58.1 Å². The number of fused-ring (bicyclic) bond motifs is 1. The molecule has 3 amide bonds. The first kappa shape index (κ1) is 32.0. The second-order valence-corrected chi connectivity index (χ2v) is 12.3. The average Bonchev–Trinajstić information content (AvgIpc) is 3.45. The normalized spacial score (nSPS) is 17.3. The van der Waals surface area contributed by atoms with E-state index in [2.05, 4.69) is 10.4 Å². The van der Waals surface area contributed by atoms with Gasteiger partial charge in [0.2, 0.25) is 0 Å². The predicted octanol–water partition coefficient (Wildman–Crippen LogP) is 2.92. The summed E-state index contributed by atoms with van der Waals surface area (Å²) in [4.78, 5) is 42.3. The van der Waals surface area contributed by atoms with E-state index in [1.807, 2.05) is 31.3 Å². The van der Waals surface area contributed by atoms with Gasteiger partial charge in [-0.3, -0.25) is 19.2 Å². The van der Waals surface area contributed by atoms with Crippen molar-refractivity contribution >= 4 is 17.9 Å². The summed E-state index contributed by atoms with van der Waals surface area (Å²) < 4.78 is 18.7. The van der Waals surface area contributed by atoms with E-state index in [9.17, 15) is 19.5 Å². The van der Waals surface area contributed by atoms with Crippen LogP contribution in [0.1, 0.15) is 58.3 Å². The Labute approximate surface area is 262 Å². The molecule has 2 aliphatic heterocycles. The lowest BCUT2D eigenvalue weighted by Gasteiger charge is -2.40. The molecule has 2 aliphatic rings. The fourth-order valence-corrected chi connectivity index (χ4v) is 5.39. The number of amides is 3.